The fraction of sp³-hybridized carbons (Fsp3) is 0. The molecule has 7 nitrogen and oxygen atoms in total. The van der Waals surface area contributed by atoms with Crippen molar-refractivity contribution in [1.82, 2.24) is 19.7 Å². The van der Waals surface area contributed by atoms with Gasteiger partial charge in [-0.1, -0.05) is 11.6 Å². The molecule has 0 unspecified atom stereocenters. The lowest BCUT2D eigenvalue weighted by molar-refractivity contribution is 0.102. The largest absolute Gasteiger partial charge is 0.375 e. The number of amides is 1. The van der Waals surface area contributed by atoms with E-state index in [9.17, 15) is 4.79 Å². The molecule has 0 spiro atoms. The van der Waals surface area contributed by atoms with E-state index in [2.05, 4.69) is 20.4 Å². The maximum absolute atomic E-state index is 12.1. The van der Waals surface area contributed by atoms with E-state index in [-0.39, 0.29) is 11.6 Å². The number of nitrogens with one attached hydrogen (secondary N) is 1. The molecule has 2 aromatic heterocycles. The predicted octanol–water partition coefficient (Wildman–Crippen LogP) is 2.21. The number of anilines is 2. The molecule has 0 fully saturated rings. The van der Waals surface area contributed by atoms with Crippen LogP contribution in [0.5, 0.6) is 0 Å². The SMILES string of the molecule is Nc1nc(C(=O)Nc2cc(Cl)ccc2-n2cncn2)cs1. The minimum absolute atomic E-state index is 0.252. The van der Waals surface area contributed by atoms with Crippen LogP contribution in [0.25, 0.3) is 5.69 Å². The second-order valence-corrected chi connectivity index (χ2v) is 5.35. The number of aromatic nitrogens is 4. The number of halogens is 1. The van der Waals surface area contributed by atoms with Gasteiger partial charge in [0.15, 0.2) is 5.13 Å². The zero-order valence-electron chi connectivity index (χ0n) is 10.5. The number of hydrogen-bond acceptors (Lipinski definition) is 6. The van der Waals surface area contributed by atoms with Gasteiger partial charge in [-0.15, -0.1) is 11.3 Å². The third-order valence-corrected chi connectivity index (χ3v) is 3.54. The first-order valence-corrected chi connectivity index (χ1v) is 7.06. The zero-order valence-corrected chi connectivity index (χ0v) is 12.1. The number of nitrogens with zero attached hydrogens (tertiary/aromatic N) is 4. The van der Waals surface area contributed by atoms with Crippen LogP contribution in [-0.2, 0) is 0 Å². The first kappa shape index (κ1) is 13.5. The van der Waals surface area contributed by atoms with Gasteiger partial charge in [-0.3, -0.25) is 4.79 Å². The number of carbonyl (C=O) groups excluding carboxylic acids is 1. The lowest BCUT2D eigenvalue weighted by Gasteiger charge is -2.10. The Morgan fingerprint density at radius 1 is 1.43 bits per heavy atom. The monoisotopic (exact) mass is 320 g/mol. The van der Waals surface area contributed by atoms with Crippen LogP contribution in [0, 0.1) is 0 Å². The van der Waals surface area contributed by atoms with Crippen molar-refractivity contribution in [3.8, 4) is 5.69 Å². The molecule has 3 aromatic rings. The van der Waals surface area contributed by atoms with Crippen LogP contribution in [0.4, 0.5) is 10.8 Å². The van der Waals surface area contributed by atoms with Crippen molar-refractivity contribution in [2.24, 2.45) is 0 Å². The lowest BCUT2D eigenvalue weighted by atomic mass is 10.2. The molecule has 0 atom stereocenters. The molecular formula is C12H9ClN6OS. The first-order chi connectivity index (χ1) is 10.1. The zero-order chi connectivity index (χ0) is 14.8. The van der Waals surface area contributed by atoms with Gasteiger partial charge < -0.3 is 11.1 Å². The van der Waals surface area contributed by atoms with Gasteiger partial charge in [0.2, 0.25) is 0 Å². The number of hydrogen-bond donors (Lipinski definition) is 2. The predicted molar refractivity (Wildman–Crippen MR) is 80.8 cm³/mol. The Morgan fingerprint density at radius 2 is 2.29 bits per heavy atom. The second-order valence-electron chi connectivity index (χ2n) is 4.03. The third-order valence-electron chi connectivity index (χ3n) is 2.63. The van der Waals surface area contributed by atoms with E-state index in [0.717, 1.165) is 0 Å². The molecule has 106 valence electrons. The Labute approximate surface area is 128 Å². The highest BCUT2D eigenvalue weighted by atomic mass is 35.5. The summed E-state index contributed by atoms with van der Waals surface area (Å²) in [6.45, 7) is 0. The summed E-state index contributed by atoms with van der Waals surface area (Å²) in [5.74, 6) is -0.369. The topological polar surface area (TPSA) is 98.7 Å². The lowest BCUT2D eigenvalue weighted by Crippen LogP contribution is -2.14. The highest BCUT2D eigenvalue weighted by Gasteiger charge is 2.14. The molecular weight excluding hydrogens is 312 g/mol. The van der Waals surface area contributed by atoms with Gasteiger partial charge in [0.1, 0.15) is 18.3 Å². The minimum Gasteiger partial charge on any atom is -0.375 e. The normalized spacial score (nSPS) is 10.5. The van der Waals surface area contributed by atoms with Gasteiger partial charge in [0.25, 0.3) is 5.91 Å². The summed E-state index contributed by atoms with van der Waals surface area (Å²) in [5.41, 5.74) is 6.93. The highest BCUT2D eigenvalue weighted by Crippen LogP contribution is 2.24. The van der Waals surface area contributed by atoms with Crippen LogP contribution in [0.2, 0.25) is 5.02 Å². The summed E-state index contributed by atoms with van der Waals surface area (Å²) in [7, 11) is 0. The van der Waals surface area contributed by atoms with Crippen molar-refractivity contribution in [2.45, 2.75) is 0 Å². The maximum atomic E-state index is 12.1. The summed E-state index contributed by atoms with van der Waals surface area (Å²) in [6.07, 6.45) is 2.93. The van der Waals surface area contributed by atoms with Crippen LogP contribution in [0.1, 0.15) is 10.5 Å². The number of benzene rings is 1. The average Bonchev–Trinajstić information content (AvgIpc) is 3.10. The Kier molecular flexibility index (Phi) is 3.55. The summed E-state index contributed by atoms with van der Waals surface area (Å²) < 4.78 is 1.53. The van der Waals surface area contributed by atoms with Crippen molar-refractivity contribution in [3.63, 3.8) is 0 Å². The number of nitrogen functional groups attached to an aromatic ring is 1. The van der Waals surface area contributed by atoms with E-state index in [0.29, 0.717) is 21.5 Å². The van der Waals surface area contributed by atoms with Crippen LogP contribution < -0.4 is 11.1 Å². The van der Waals surface area contributed by atoms with Crippen molar-refractivity contribution in [2.75, 3.05) is 11.1 Å². The number of nitrogens with two attached hydrogens (primary N) is 1. The molecule has 0 aliphatic carbocycles. The van der Waals surface area contributed by atoms with E-state index < -0.39 is 0 Å². The molecule has 3 N–H and O–H groups in total. The van der Waals surface area contributed by atoms with E-state index >= 15 is 0 Å². The maximum Gasteiger partial charge on any atom is 0.275 e. The summed E-state index contributed by atoms with van der Waals surface area (Å²) in [5, 5.41) is 9.20. The Bertz CT molecular complexity index is 785. The Hall–Kier alpha value is -2.45. The van der Waals surface area contributed by atoms with Crippen LogP contribution in [0.15, 0.2) is 36.2 Å². The quantitative estimate of drug-likeness (QED) is 0.771. The van der Waals surface area contributed by atoms with E-state index in [1.165, 1.54) is 28.7 Å². The Balaban J connectivity index is 1.94. The van der Waals surface area contributed by atoms with Crippen molar-refractivity contribution >= 4 is 39.7 Å². The van der Waals surface area contributed by atoms with Gasteiger partial charge in [-0.2, -0.15) is 5.10 Å². The second kappa shape index (κ2) is 5.51. The molecule has 2 heterocycles. The van der Waals surface area contributed by atoms with Gasteiger partial charge in [0, 0.05) is 10.4 Å². The summed E-state index contributed by atoms with van der Waals surface area (Å²) in [6, 6.07) is 5.07. The molecule has 21 heavy (non-hydrogen) atoms. The van der Waals surface area contributed by atoms with Crippen LogP contribution in [-0.4, -0.2) is 25.7 Å². The molecule has 0 saturated heterocycles. The molecule has 0 aliphatic rings. The van der Waals surface area contributed by atoms with E-state index in [4.69, 9.17) is 17.3 Å². The Morgan fingerprint density at radius 3 is 2.95 bits per heavy atom. The number of rotatable bonds is 3. The molecule has 9 heteroatoms. The van der Waals surface area contributed by atoms with Crippen molar-refractivity contribution < 1.29 is 4.79 Å². The molecule has 0 bridgehead atoms. The summed E-state index contributed by atoms with van der Waals surface area (Å²) >= 11 is 7.18. The molecule has 3 rings (SSSR count). The molecule has 0 aliphatic heterocycles. The standard InChI is InChI=1S/C12H9ClN6OS/c13-7-1-2-10(19-6-15-5-16-19)8(3-7)17-11(20)9-4-21-12(14)18-9/h1-6H,(H2,14,18)(H,17,20). The molecule has 0 saturated carbocycles. The first-order valence-electron chi connectivity index (χ1n) is 5.80. The van der Waals surface area contributed by atoms with Crippen LogP contribution >= 0.6 is 22.9 Å². The van der Waals surface area contributed by atoms with Crippen molar-refractivity contribution in [1.29, 1.82) is 0 Å². The molecule has 1 amide bonds. The molecule has 0 radical (unpaired) electrons. The van der Waals surface area contributed by atoms with Gasteiger partial charge in [-0.05, 0) is 18.2 Å². The number of thiazole rings is 1. The van der Waals surface area contributed by atoms with Gasteiger partial charge in [-0.25, -0.2) is 14.6 Å². The molecule has 1 aromatic carbocycles. The van der Waals surface area contributed by atoms with E-state index in [1.54, 1.807) is 23.6 Å². The minimum atomic E-state index is -0.369. The average molecular weight is 321 g/mol. The highest BCUT2D eigenvalue weighted by molar-refractivity contribution is 7.13. The fourth-order valence-electron chi connectivity index (χ4n) is 1.72. The van der Waals surface area contributed by atoms with Gasteiger partial charge in [0.05, 0.1) is 11.4 Å². The third kappa shape index (κ3) is 2.86. The summed E-state index contributed by atoms with van der Waals surface area (Å²) in [4.78, 5) is 20.0. The van der Waals surface area contributed by atoms with Crippen molar-refractivity contribution in [3.05, 3.63) is 47.0 Å². The van der Waals surface area contributed by atoms with Crippen LogP contribution in [0.3, 0.4) is 0 Å². The van der Waals surface area contributed by atoms with E-state index in [1.807, 2.05) is 0 Å². The van der Waals surface area contributed by atoms with Gasteiger partial charge >= 0.3 is 0 Å². The fourth-order valence-corrected chi connectivity index (χ4v) is 2.43. The number of carbonyl (C=O) groups is 1. The smallest absolute Gasteiger partial charge is 0.275 e.